The smallest absolute Gasteiger partial charge is 0.419 e. The van der Waals surface area contributed by atoms with Gasteiger partial charge in [0.25, 0.3) is 0 Å². The molecule has 0 amide bonds. The van der Waals surface area contributed by atoms with Crippen molar-refractivity contribution in [3.05, 3.63) is 100 Å². The van der Waals surface area contributed by atoms with Gasteiger partial charge in [0.2, 0.25) is 0 Å². The van der Waals surface area contributed by atoms with E-state index in [1.54, 1.807) is 36.4 Å². The van der Waals surface area contributed by atoms with Crippen LogP contribution in [0.3, 0.4) is 0 Å². The summed E-state index contributed by atoms with van der Waals surface area (Å²) in [5, 5.41) is 12.0. The highest BCUT2D eigenvalue weighted by molar-refractivity contribution is 6.30. The van der Waals surface area contributed by atoms with Crippen LogP contribution in [0.25, 0.3) is 10.9 Å². The first kappa shape index (κ1) is 21.1. The second kappa shape index (κ2) is 8.15. The van der Waals surface area contributed by atoms with Gasteiger partial charge in [0.05, 0.1) is 10.6 Å². The van der Waals surface area contributed by atoms with Crippen molar-refractivity contribution < 1.29 is 22.7 Å². The Balaban J connectivity index is 1.85. The summed E-state index contributed by atoms with van der Waals surface area (Å²) < 4.78 is 53.4. The van der Waals surface area contributed by atoms with Crippen LogP contribution in [-0.4, -0.2) is 15.1 Å². The SMILES string of the molecule is Oc1c(C(Cc2ccc(Cl)cn2)c2ccc(C(F)(F)F)c(F)c2)ccc2cccnc12. The Bertz CT molecular complexity index is 1240. The molecule has 158 valence electrons. The zero-order chi connectivity index (χ0) is 22.2. The number of alkyl halides is 3. The molecule has 2 heterocycles. The van der Waals surface area contributed by atoms with Crippen molar-refractivity contribution in [2.45, 2.75) is 18.5 Å². The van der Waals surface area contributed by atoms with Crippen LogP contribution in [0.15, 0.2) is 67.0 Å². The van der Waals surface area contributed by atoms with Gasteiger partial charge in [-0.25, -0.2) is 4.39 Å². The predicted octanol–water partition coefficient (Wildman–Crippen LogP) is 6.52. The highest BCUT2D eigenvalue weighted by atomic mass is 35.5. The van der Waals surface area contributed by atoms with Crippen molar-refractivity contribution in [2.24, 2.45) is 0 Å². The average molecular weight is 447 g/mol. The summed E-state index contributed by atoms with van der Waals surface area (Å²) in [5.74, 6) is -2.16. The molecule has 4 aromatic rings. The Labute approximate surface area is 180 Å². The summed E-state index contributed by atoms with van der Waals surface area (Å²) in [6.45, 7) is 0. The predicted molar refractivity (Wildman–Crippen MR) is 110 cm³/mol. The lowest BCUT2D eigenvalue weighted by Crippen LogP contribution is -2.11. The molecule has 0 aliphatic heterocycles. The van der Waals surface area contributed by atoms with E-state index < -0.39 is 23.5 Å². The maximum absolute atomic E-state index is 14.3. The molecule has 0 saturated heterocycles. The van der Waals surface area contributed by atoms with Crippen LogP contribution in [0, 0.1) is 5.82 Å². The van der Waals surface area contributed by atoms with Gasteiger partial charge in [-0.05, 0) is 35.9 Å². The van der Waals surface area contributed by atoms with Crippen LogP contribution in [-0.2, 0) is 12.6 Å². The number of halogens is 5. The molecule has 2 aromatic carbocycles. The summed E-state index contributed by atoms with van der Waals surface area (Å²) in [6.07, 6.45) is -1.62. The van der Waals surface area contributed by atoms with E-state index in [0.29, 0.717) is 33.2 Å². The van der Waals surface area contributed by atoms with Crippen LogP contribution in [0.4, 0.5) is 17.6 Å². The molecule has 0 aliphatic rings. The molecule has 4 rings (SSSR count). The van der Waals surface area contributed by atoms with Crippen molar-refractivity contribution in [2.75, 3.05) is 0 Å². The van der Waals surface area contributed by atoms with Crippen molar-refractivity contribution in [1.82, 2.24) is 9.97 Å². The standard InChI is InChI=1S/C23H15ClF4N2O/c24-15-5-6-16(30-12-15)11-18(14-4-8-19(20(25)10-14)23(26,27)28)17-7-3-13-2-1-9-29-21(13)22(17)31/h1-10,12,18,31H,11H2. The number of hydrogen-bond acceptors (Lipinski definition) is 3. The number of aromatic nitrogens is 2. The van der Waals surface area contributed by atoms with E-state index in [-0.39, 0.29) is 17.7 Å². The molecule has 0 fully saturated rings. The van der Waals surface area contributed by atoms with Gasteiger partial charge in [-0.3, -0.25) is 9.97 Å². The summed E-state index contributed by atoms with van der Waals surface area (Å²) in [4.78, 5) is 8.43. The average Bonchev–Trinajstić information content (AvgIpc) is 2.73. The summed E-state index contributed by atoms with van der Waals surface area (Å²) in [7, 11) is 0. The molecule has 1 unspecified atom stereocenters. The fraction of sp³-hybridized carbons (Fsp3) is 0.130. The second-order valence-electron chi connectivity index (χ2n) is 7.04. The topological polar surface area (TPSA) is 46.0 Å². The van der Waals surface area contributed by atoms with Gasteiger partial charge in [0, 0.05) is 41.4 Å². The highest BCUT2D eigenvalue weighted by Crippen LogP contribution is 2.39. The number of phenolic OH excluding ortho intramolecular Hbond substituents is 1. The monoisotopic (exact) mass is 446 g/mol. The fourth-order valence-corrected chi connectivity index (χ4v) is 3.66. The Morgan fingerprint density at radius 2 is 1.81 bits per heavy atom. The molecule has 31 heavy (non-hydrogen) atoms. The Kier molecular flexibility index (Phi) is 5.54. The normalized spacial score (nSPS) is 12.8. The third kappa shape index (κ3) is 4.32. The number of phenols is 1. The van der Waals surface area contributed by atoms with Gasteiger partial charge < -0.3 is 5.11 Å². The Morgan fingerprint density at radius 3 is 2.48 bits per heavy atom. The number of pyridine rings is 2. The van der Waals surface area contributed by atoms with Crippen molar-refractivity contribution in [1.29, 1.82) is 0 Å². The van der Waals surface area contributed by atoms with Gasteiger partial charge in [-0.2, -0.15) is 13.2 Å². The molecule has 0 spiro atoms. The van der Waals surface area contributed by atoms with Crippen LogP contribution in [0.1, 0.15) is 28.3 Å². The molecule has 0 bridgehead atoms. The molecule has 1 atom stereocenters. The number of hydrogen-bond donors (Lipinski definition) is 1. The van der Waals surface area contributed by atoms with Gasteiger partial charge in [0.1, 0.15) is 17.1 Å². The molecule has 8 heteroatoms. The zero-order valence-electron chi connectivity index (χ0n) is 15.9. The number of fused-ring (bicyclic) bond motifs is 1. The van der Waals surface area contributed by atoms with Crippen LogP contribution < -0.4 is 0 Å². The van der Waals surface area contributed by atoms with Crippen LogP contribution in [0.5, 0.6) is 5.75 Å². The summed E-state index contributed by atoms with van der Waals surface area (Å²) in [5.41, 5.74) is 0.260. The van der Waals surface area contributed by atoms with Crippen molar-refractivity contribution in [3.63, 3.8) is 0 Å². The first-order valence-electron chi connectivity index (χ1n) is 9.27. The maximum atomic E-state index is 14.3. The first-order valence-corrected chi connectivity index (χ1v) is 9.65. The lowest BCUT2D eigenvalue weighted by Gasteiger charge is -2.21. The number of nitrogens with zero attached hydrogens (tertiary/aromatic N) is 2. The number of rotatable bonds is 4. The number of aromatic hydroxyl groups is 1. The second-order valence-corrected chi connectivity index (χ2v) is 7.48. The van der Waals surface area contributed by atoms with Gasteiger partial charge >= 0.3 is 6.18 Å². The van der Waals surface area contributed by atoms with E-state index in [1.165, 1.54) is 18.5 Å². The molecule has 2 aromatic heterocycles. The first-order chi connectivity index (χ1) is 14.7. The van der Waals surface area contributed by atoms with Crippen molar-refractivity contribution in [3.8, 4) is 5.75 Å². The van der Waals surface area contributed by atoms with E-state index in [9.17, 15) is 22.7 Å². The lowest BCUT2D eigenvalue weighted by molar-refractivity contribution is -0.140. The Morgan fingerprint density at radius 1 is 1.00 bits per heavy atom. The third-order valence-corrected chi connectivity index (χ3v) is 5.28. The van der Waals surface area contributed by atoms with Crippen LogP contribution in [0.2, 0.25) is 5.02 Å². The zero-order valence-corrected chi connectivity index (χ0v) is 16.6. The highest BCUT2D eigenvalue weighted by Gasteiger charge is 2.34. The summed E-state index contributed by atoms with van der Waals surface area (Å²) >= 11 is 5.89. The lowest BCUT2D eigenvalue weighted by atomic mass is 9.85. The van der Waals surface area contributed by atoms with Gasteiger partial charge in [-0.15, -0.1) is 0 Å². The van der Waals surface area contributed by atoms with E-state index >= 15 is 0 Å². The van der Waals surface area contributed by atoms with E-state index in [2.05, 4.69) is 9.97 Å². The quantitative estimate of drug-likeness (QED) is 0.363. The Hall–Kier alpha value is -3.19. The molecule has 1 N–H and O–H groups in total. The van der Waals surface area contributed by atoms with E-state index in [0.717, 1.165) is 6.07 Å². The molecule has 0 aliphatic carbocycles. The van der Waals surface area contributed by atoms with E-state index in [4.69, 9.17) is 11.6 Å². The van der Waals surface area contributed by atoms with Crippen LogP contribution >= 0.6 is 11.6 Å². The maximum Gasteiger partial charge on any atom is 0.419 e. The van der Waals surface area contributed by atoms with Crippen molar-refractivity contribution >= 4 is 22.5 Å². The third-order valence-electron chi connectivity index (χ3n) is 5.06. The number of benzene rings is 2. The van der Waals surface area contributed by atoms with Gasteiger partial charge in [-0.1, -0.05) is 35.9 Å². The molecule has 0 radical (unpaired) electrons. The fourth-order valence-electron chi connectivity index (χ4n) is 3.55. The molecular formula is C23H15ClF4N2O. The minimum atomic E-state index is -4.80. The summed E-state index contributed by atoms with van der Waals surface area (Å²) in [6, 6.07) is 13.0. The largest absolute Gasteiger partial charge is 0.505 e. The van der Waals surface area contributed by atoms with Gasteiger partial charge in [0.15, 0.2) is 0 Å². The minimum absolute atomic E-state index is 0.114. The minimum Gasteiger partial charge on any atom is -0.505 e. The molecule has 3 nitrogen and oxygen atoms in total. The van der Waals surface area contributed by atoms with E-state index in [1.807, 2.05) is 0 Å². The molecule has 0 saturated carbocycles. The molecular weight excluding hydrogens is 432 g/mol.